The second kappa shape index (κ2) is 10.0. The van der Waals surface area contributed by atoms with Crippen molar-refractivity contribution >= 4 is 22.1 Å². The Morgan fingerprint density at radius 1 is 0.489 bits per heavy atom. The van der Waals surface area contributed by atoms with Gasteiger partial charge in [0.25, 0.3) is 0 Å². The number of ether oxygens (including phenoxy) is 1. The molecule has 0 fully saturated rings. The lowest BCUT2D eigenvalue weighted by Crippen LogP contribution is -2.34. The van der Waals surface area contributed by atoms with E-state index in [1.807, 2.05) is 48.5 Å². The minimum atomic E-state index is -0.577. The number of hydrogen-bond acceptors (Lipinski definition) is 4. The number of aromatic nitrogens is 2. The molecule has 0 atom stereocenters. The predicted molar refractivity (Wildman–Crippen MR) is 179 cm³/mol. The van der Waals surface area contributed by atoms with Crippen LogP contribution in [0.5, 0.6) is 11.5 Å². The zero-order valence-electron chi connectivity index (χ0n) is 24.2. The minimum absolute atomic E-state index is 0.577. The largest absolute Gasteiger partial charge is 0.457 e. The maximum atomic E-state index is 6.72. The van der Waals surface area contributed by atoms with Crippen LogP contribution in [-0.2, 0) is 5.41 Å². The van der Waals surface area contributed by atoms with Crippen molar-refractivity contribution in [3.05, 3.63) is 180 Å². The van der Waals surface area contributed by atoms with Crippen molar-refractivity contribution < 1.29 is 9.15 Å². The van der Waals surface area contributed by atoms with Crippen molar-refractivity contribution in [2.45, 2.75) is 5.41 Å². The first-order valence-electron chi connectivity index (χ1n) is 15.1. The summed E-state index contributed by atoms with van der Waals surface area (Å²) in [5, 5.41) is 0.962. The van der Waals surface area contributed by atoms with Crippen LogP contribution in [-0.4, -0.2) is 9.97 Å². The molecule has 0 aliphatic carbocycles. The number of nitrogens with zero attached hydrogens (tertiary/aromatic N) is 2. The maximum absolute atomic E-state index is 6.72. The van der Waals surface area contributed by atoms with Crippen LogP contribution in [0.4, 0.5) is 0 Å². The first-order chi connectivity index (χ1) is 22.3. The van der Waals surface area contributed by atoms with E-state index in [0.29, 0.717) is 11.4 Å². The molecule has 212 valence electrons. The van der Waals surface area contributed by atoms with E-state index in [1.165, 1.54) is 11.1 Å². The van der Waals surface area contributed by atoms with Crippen LogP contribution in [0.15, 0.2) is 162 Å². The fraction of sp³-hybridized carbons (Fsp3) is 0.0244. The molecular formula is C41H26N2O2. The summed E-state index contributed by atoms with van der Waals surface area (Å²) in [7, 11) is 0. The van der Waals surface area contributed by atoms with Crippen LogP contribution in [0.1, 0.15) is 22.3 Å². The molecule has 45 heavy (non-hydrogen) atoms. The summed E-state index contributed by atoms with van der Waals surface area (Å²) in [5.41, 5.74) is 8.82. The van der Waals surface area contributed by atoms with Crippen LogP contribution in [0.25, 0.3) is 44.7 Å². The lowest BCUT2D eigenvalue weighted by molar-refractivity contribution is 0.434. The number of hydrogen-bond donors (Lipinski definition) is 0. The SMILES string of the molecule is c1ccc(-c2nc(-c3ccc4c(c3)Oc3ccccc3C4(c3ccccc3)c3ccccc3)nc3c2oc2ccccc23)cc1. The number of furan rings is 1. The summed E-state index contributed by atoms with van der Waals surface area (Å²) in [6, 6.07) is 54.3. The Morgan fingerprint density at radius 2 is 1.11 bits per heavy atom. The van der Waals surface area contributed by atoms with Gasteiger partial charge in [0.15, 0.2) is 11.4 Å². The molecule has 4 nitrogen and oxygen atoms in total. The molecule has 4 heteroatoms. The molecule has 0 bridgehead atoms. The third-order valence-corrected chi connectivity index (χ3v) is 8.84. The highest BCUT2D eigenvalue weighted by atomic mass is 16.5. The first-order valence-corrected chi connectivity index (χ1v) is 15.1. The zero-order chi connectivity index (χ0) is 29.8. The Kier molecular flexibility index (Phi) is 5.69. The number of para-hydroxylation sites is 2. The van der Waals surface area contributed by atoms with Gasteiger partial charge in [0.2, 0.25) is 0 Å². The Bertz CT molecular complexity index is 2310. The molecule has 0 saturated carbocycles. The van der Waals surface area contributed by atoms with Crippen molar-refractivity contribution in [1.82, 2.24) is 9.97 Å². The number of fused-ring (bicyclic) bond motifs is 5. The molecule has 0 amide bonds. The highest BCUT2D eigenvalue weighted by Crippen LogP contribution is 2.55. The van der Waals surface area contributed by atoms with E-state index < -0.39 is 5.41 Å². The molecule has 1 aliphatic rings. The summed E-state index contributed by atoms with van der Waals surface area (Å²) in [6.07, 6.45) is 0. The quantitative estimate of drug-likeness (QED) is 0.208. The summed E-state index contributed by atoms with van der Waals surface area (Å²) in [5.74, 6) is 2.22. The Hall–Kier alpha value is -6.00. The summed E-state index contributed by atoms with van der Waals surface area (Å²) in [6.45, 7) is 0. The predicted octanol–water partition coefficient (Wildman–Crippen LogP) is 10.2. The monoisotopic (exact) mass is 578 g/mol. The van der Waals surface area contributed by atoms with Gasteiger partial charge in [-0.3, -0.25) is 0 Å². The van der Waals surface area contributed by atoms with E-state index in [-0.39, 0.29) is 0 Å². The topological polar surface area (TPSA) is 48.2 Å². The van der Waals surface area contributed by atoms with Gasteiger partial charge >= 0.3 is 0 Å². The molecule has 2 aromatic heterocycles. The Balaban J connectivity index is 1.31. The number of benzene rings is 6. The van der Waals surface area contributed by atoms with Crippen LogP contribution in [0.3, 0.4) is 0 Å². The molecule has 3 heterocycles. The fourth-order valence-corrected chi connectivity index (χ4v) is 6.86. The summed E-state index contributed by atoms with van der Waals surface area (Å²) < 4.78 is 13.1. The van der Waals surface area contributed by atoms with E-state index >= 15 is 0 Å². The molecule has 0 N–H and O–H groups in total. The van der Waals surface area contributed by atoms with Gasteiger partial charge in [-0.05, 0) is 35.4 Å². The Labute approximate surface area is 260 Å². The fourth-order valence-electron chi connectivity index (χ4n) is 6.86. The van der Waals surface area contributed by atoms with Gasteiger partial charge in [-0.25, -0.2) is 9.97 Å². The molecule has 0 saturated heterocycles. The third-order valence-electron chi connectivity index (χ3n) is 8.84. The smallest absolute Gasteiger partial charge is 0.180 e. The second-order valence-electron chi connectivity index (χ2n) is 11.3. The molecule has 9 rings (SSSR count). The maximum Gasteiger partial charge on any atom is 0.180 e. The average molecular weight is 579 g/mol. The molecule has 6 aromatic carbocycles. The number of rotatable bonds is 4. The molecular weight excluding hydrogens is 552 g/mol. The van der Waals surface area contributed by atoms with Gasteiger partial charge in [0, 0.05) is 27.6 Å². The van der Waals surface area contributed by atoms with Gasteiger partial charge in [-0.2, -0.15) is 0 Å². The van der Waals surface area contributed by atoms with Gasteiger partial charge < -0.3 is 9.15 Å². The van der Waals surface area contributed by atoms with Crippen LogP contribution >= 0.6 is 0 Å². The molecule has 1 aliphatic heterocycles. The standard InChI is InChI=1S/C41H26N2O2/c1-4-14-27(15-5-1)37-39-38(31-20-10-12-22-34(31)45-39)43-40(42-37)28-24-25-33-36(26-28)44-35-23-13-11-21-32(35)41(33,29-16-6-2-7-17-29)30-18-8-3-9-19-30/h1-26H. The molecule has 8 aromatic rings. The third kappa shape index (κ3) is 3.86. The van der Waals surface area contributed by atoms with Gasteiger partial charge in [-0.1, -0.05) is 133 Å². The van der Waals surface area contributed by atoms with Gasteiger partial charge in [0.05, 0.1) is 5.41 Å². The molecule has 0 radical (unpaired) electrons. The highest BCUT2D eigenvalue weighted by Gasteiger charge is 2.45. The van der Waals surface area contributed by atoms with Crippen LogP contribution < -0.4 is 4.74 Å². The van der Waals surface area contributed by atoms with E-state index in [0.717, 1.165) is 55.9 Å². The Morgan fingerprint density at radius 3 is 1.87 bits per heavy atom. The summed E-state index contributed by atoms with van der Waals surface area (Å²) in [4.78, 5) is 10.2. The van der Waals surface area contributed by atoms with Crippen molar-refractivity contribution in [3.8, 4) is 34.1 Å². The van der Waals surface area contributed by atoms with E-state index in [4.69, 9.17) is 19.1 Å². The normalized spacial score (nSPS) is 13.2. The van der Waals surface area contributed by atoms with Gasteiger partial charge in [-0.15, -0.1) is 0 Å². The lowest BCUT2D eigenvalue weighted by atomic mass is 9.63. The van der Waals surface area contributed by atoms with Crippen LogP contribution in [0, 0.1) is 0 Å². The van der Waals surface area contributed by atoms with Crippen molar-refractivity contribution in [1.29, 1.82) is 0 Å². The van der Waals surface area contributed by atoms with E-state index in [9.17, 15) is 0 Å². The van der Waals surface area contributed by atoms with Gasteiger partial charge in [0.1, 0.15) is 28.3 Å². The van der Waals surface area contributed by atoms with Crippen molar-refractivity contribution in [2.75, 3.05) is 0 Å². The lowest BCUT2D eigenvalue weighted by Gasteiger charge is -2.41. The average Bonchev–Trinajstić information content (AvgIpc) is 3.50. The van der Waals surface area contributed by atoms with Crippen molar-refractivity contribution in [2.24, 2.45) is 0 Å². The highest BCUT2D eigenvalue weighted by molar-refractivity contribution is 6.07. The first kappa shape index (κ1) is 25.5. The summed E-state index contributed by atoms with van der Waals surface area (Å²) >= 11 is 0. The molecule has 0 unspecified atom stereocenters. The van der Waals surface area contributed by atoms with E-state index in [2.05, 4.69) is 109 Å². The second-order valence-corrected chi connectivity index (χ2v) is 11.3. The zero-order valence-corrected chi connectivity index (χ0v) is 24.2. The minimum Gasteiger partial charge on any atom is -0.457 e. The van der Waals surface area contributed by atoms with Crippen molar-refractivity contribution in [3.63, 3.8) is 0 Å². The van der Waals surface area contributed by atoms with E-state index in [1.54, 1.807) is 0 Å². The molecule has 0 spiro atoms. The van der Waals surface area contributed by atoms with Crippen LogP contribution in [0.2, 0.25) is 0 Å².